The summed E-state index contributed by atoms with van der Waals surface area (Å²) in [6, 6.07) is 0. The minimum absolute atomic E-state index is 0.0341. The summed E-state index contributed by atoms with van der Waals surface area (Å²) in [4.78, 5) is 16.0. The second-order valence-electron chi connectivity index (χ2n) is 4.52. The normalized spacial score (nSPS) is 22.8. The number of nitrogens with zero attached hydrogens (tertiary/aromatic N) is 2. The summed E-state index contributed by atoms with van der Waals surface area (Å²) in [5.74, 6) is 0.812. The van der Waals surface area contributed by atoms with E-state index in [2.05, 4.69) is 4.98 Å². The van der Waals surface area contributed by atoms with E-state index in [0.717, 1.165) is 5.82 Å². The number of hydrogen-bond acceptors (Lipinski definition) is 4. The van der Waals surface area contributed by atoms with Crippen molar-refractivity contribution in [1.29, 1.82) is 0 Å². The SMILES string of the molecule is Cn1ccnc1CCC(=O)C1CCS(=O)(=O)C1. The summed E-state index contributed by atoms with van der Waals surface area (Å²) in [5, 5.41) is 0. The summed E-state index contributed by atoms with van der Waals surface area (Å²) < 4.78 is 24.4. The molecule has 5 nitrogen and oxygen atoms in total. The van der Waals surface area contributed by atoms with E-state index in [1.807, 2.05) is 17.8 Å². The van der Waals surface area contributed by atoms with E-state index in [1.165, 1.54) is 0 Å². The standard InChI is InChI=1S/C11H16N2O3S/c1-13-6-5-12-11(13)3-2-10(14)9-4-7-17(15,16)8-9/h5-6,9H,2-4,7-8H2,1H3. The predicted molar refractivity (Wildman–Crippen MR) is 63.3 cm³/mol. The molecule has 1 aromatic heterocycles. The molecule has 0 aliphatic carbocycles. The number of carbonyl (C=O) groups is 1. The van der Waals surface area contributed by atoms with E-state index in [0.29, 0.717) is 19.3 Å². The molecule has 1 aliphatic heterocycles. The molecule has 0 N–H and O–H groups in total. The van der Waals surface area contributed by atoms with E-state index >= 15 is 0 Å². The molecule has 1 aliphatic rings. The molecule has 1 aromatic rings. The van der Waals surface area contributed by atoms with Crippen LogP contribution in [0.3, 0.4) is 0 Å². The summed E-state index contributed by atoms with van der Waals surface area (Å²) in [6.07, 6.45) is 4.98. The number of hydrogen-bond donors (Lipinski definition) is 0. The molecule has 0 saturated carbocycles. The van der Waals surface area contributed by atoms with Crippen LogP contribution >= 0.6 is 0 Å². The number of carbonyl (C=O) groups excluding carboxylic acids is 1. The van der Waals surface area contributed by atoms with Gasteiger partial charge >= 0.3 is 0 Å². The van der Waals surface area contributed by atoms with Gasteiger partial charge in [-0.1, -0.05) is 0 Å². The minimum atomic E-state index is -2.96. The first-order valence-electron chi connectivity index (χ1n) is 5.67. The molecule has 1 atom stereocenters. The molecule has 17 heavy (non-hydrogen) atoms. The Kier molecular flexibility index (Phi) is 3.33. The van der Waals surface area contributed by atoms with Crippen LogP contribution in [0.1, 0.15) is 18.7 Å². The van der Waals surface area contributed by atoms with E-state index in [9.17, 15) is 13.2 Å². The molecular formula is C11H16N2O3S. The van der Waals surface area contributed by atoms with Crippen LogP contribution in [-0.4, -0.2) is 35.3 Å². The molecule has 1 saturated heterocycles. The predicted octanol–water partition coefficient (Wildman–Crippen LogP) is 0.357. The van der Waals surface area contributed by atoms with E-state index in [4.69, 9.17) is 0 Å². The third kappa shape index (κ3) is 2.94. The summed E-state index contributed by atoms with van der Waals surface area (Å²) in [7, 11) is -1.08. The number of rotatable bonds is 4. The van der Waals surface area contributed by atoms with Crippen LogP contribution in [0.15, 0.2) is 12.4 Å². The largest absolute Gasteiger partial charge is 0.338 e. The van der Waals surface area contributed by atoms with Crippen LogP contribution in [0.25, 0.3) is 0 Å². The third-order valence-electron chi connectivity index (χ3n) is 3.20. The lowest BCUT2D eigenvalue weighted by molar-refractivity contribution is -0.122. The molecular weight excluding hydrogens is 240 g/mol. The van der Waals surface area contributed by atoms with Crippen LogP contribution in [0, 0.1) is 5.92 Å². The summed E-state index contributed by atoms with van der Waals surface area (Å²) in [5.41, 5.74) is 0. The van der Waals surface area contributed by atoms with Gasteiger partial charge in [-0.05, 0) is 6.42 Å². The van der Waals surface area contributed by atoms with Gasteiger partial charge in [0.05, 0.1) is 11.5 Å². The second kappa shape index (κ2) is 4.60. The number of aryl methyl sites for hydroxylation is 2. The molecule has 6 heteroatoms. The van der Waals surface area contributed by atoms with Crippen molar-refractivity contribution in [2.75, 3.05) is 11.5 Å². The lowest BCUT2D eigenvalue weighted by Crippen LogP contribution is -2.17. The highest BCUT2D eigenvalue weighted by Gasteiger charge is 2.32. The maximum Gasteiger partial charge on any atom is 0.151 e. The van der Waals surface area contributed by atoms with E-state index in [-0.39, 0.29) is 23.2 Å². The first kappa shape index (κ1) is 12.3. The first-order valence-corrected chi connectivity index (χ1v) is 7.49. The van der Waals surface area contributed by atoms with Crippen molar-refractivity contribution in [3.63, 3.8) is 0 Å². The molecule has 1 unspecified atom stereocenters. The topological polar surface area (TPSA) is 69.0 Å². The molecule has 0 radical (unpaired) electrons. The van der Waals surface area contributed by atoms with Crippen molar-refractivity contribution in [2.24, 2.45) is 13.0 Å². The fraction of sp³-hybridized carbons (Fsp3) is 0.636. The molecule has 2 rings (SSSR count). The van der Waals surface area contributed by atoms with Crippen molar-refractivity contribution in [1.82, 2.24) is 9.55 Å². The van der Waals surface area contributed by atoms with Gasteiger partial charge in [-0.2, -0.15) is 0 Å². The molecule has 0 bridgehead atoms. The zero-order valence-electron chi connectivity index (χ0n) is 9.80. The lowest BCUT2D eigenvalue weighted by atomic mass is 10.00. The fourth-order valence-electron chi connectivity index (χ4n) is 2.13. The molecule has 0 amide bonds. The zero-order chi connectivity index (χ0) is 12.5. The Bertz CT molecular complexity index is 519. The Morgan fingerprint density at radius 3 is 2.88 bits per heavy atom. The first-order chi connectivity index (χ1) is 7.98. The molecule has 0 aromatic carbocycles. The highest BCUT2D eigenvalue weighted by atomic mass is 32.2. The lowest BCUT2D eigenvalue weighted by Gasteiger charge is -2.06. The van der Waals surface area contributed by atoms with E-state index in [1.54, 1.807) is 6.20 Å². The van der Waals surface area contributed by atoms with Gasteiger partial charge in [-0.25, -0.2) is 13.4 Å². The van der Waals surface area contributed by atoms with Gasteiger partial charge in [-0.3, -0.25) is 4.79 Å². The van der Waals surface area contributed by atoms with Gasteiger partial charge in [0.25, 0.3) is 0 Å². The Balaban J connectivity index is 1.89. The van der Waals surface area contributed by atoms with Crippen molar-refractivity contribution in [3.8, 4) is 0 Å². The van der Waals surface area contributed by atoms with Crippen LogP contribution < -0.4 is 0 Å². The highest BCUT2D eigenvalue weighted by molar-refractivity contribution is 7.91. The van der Waals surface area contributed by atoms with Gasteiger partial charge in [0.1, 0.15) is 11.6 Å². The van der Waals surface area contributed by atoms with Gasteiger partial charge in [0.15, 0.2) is 9.84 Å². The average Bonchev–Trinajstić information content (AvgIpc) is 2.81. The molecule has 1 fully saturated rings. The maximum atomic E-state index is 11.8. The van der Waals surface area contributed by atoms with Crippen molar-refractivity contribution >= 4 is 15.6 Å². The number of imidazole rings is 1. The monoisotopic (exact) mass is 256 g/mol. The fourth-order valence-corrected chi connectivity index (χ4v) is 3.90. The maximum absolute atomic E-state index is 11.8. The number of Topliss-reactive ketones (excluding diaryl/α,β-unsaturated/α-hetero) is 1. The Morgan fingerprint density at radius 1 is 1.59 bits per heavy atom. The van der Waals surface area contributed by atoms with Crippen molar-refractivity contribution < 1.29 is 13.2 Å². The smallest absolute Gasteiger partial charge is 0.151 e. The number of aromatic nitrogens is 2. The van der Waals surface area contributed by atoms with Gasteiger partial charge < -0.3 is 4.57 Å². The minimum Gasteiger partial charge on any atom is -0.338 e. The Labute approximate surface area is 101 Å². The summed E-state index contributed by atoms with van der Waals surface area (Å²) in [6.45, 7) is 0. The number of ketones is 1. The van der Waals surface area contributed by atoms with Crippen LogP contribution in [-0.2, 0) is 28.1 Å². The molecule has 94 valence electrons. The van der Waals surface area contributed by atoms with Crippen LogP contribution in [0.4, 0.5) is 0 Å². The molecule has 0 spiro atoms. The summed E-state index contributed by atoms with van der Waals surface area (Å²) >= 11 is 0. The second-order valence-corrected chi connectivity index (χ2v) is 6.75. The van der Waals surface area contributed by atoms with Gasteiger partial charge in [0, 0.05) is 38.2 Å². The number of sulfone groups is 1. The highest BCUT2D eigenvalue weighted by Crippen LogP contribution is 2.21. The van der Waals surface area contributed by atoms with Crippen LogP contribution in [0.2, 0.25) is 0 Å². The third-order valence-corrected chi connectivity index (χ3v) is 4.97. The van der Waals surface area contributed by atoms with Crippen molar-refractivity contribution in [3.05, 3.63) is 18.2 Å². The van der Waals surface area contributed by atoms with Crippen LogP contribution in [0.5, 0.6) is 0 Å². The quantitative estimate of drug-likeness (QED) is 0.780. The Hall–Kier alpha value is -1.17. The van der Waals surface area contributed by atoms with E-state index < -0.39 is 9.84 Å². The van der Waals surface area contributed by atoms with Crippen molar-refractivity contribution in [2.45, 2.75) is 19.3 Å². The Morgan fingerprint density at radius 2 is 2.35 bits per heavy atom. The van der Waals surface area contributed by atoms with Gasteiger partial charge in [0.2, 0.25) is 0 Å². The molecule has 2 heterocycles. The average molecular weight is 256 g/mol. The van der Waals surface area contributed by atoms with Gasteiger partial charge in [-0.15, -0.1) is 0 Å². The zero-order valence-corrected chi connectivity index (χ0v) is 10.6.